The normalized spacial score (nSPS) is 13.2. The second-order valence-electron chi connectivity index (χ2n) is 10.3. The summed E-state index contributed by atoms with van der Waals surface area (Å²) < 4.78 is 27.5. The summed E-state index contributed by atoms with van der Waals surface area (Å²) >= 11 is 0. The summed E-state index contributed by atoms with van der Waals surface area (Å²) in [4.78, 5) is 1.73. The fourth-order valence-corrected chi connectivity index (χ4v) is 7.16. The Morgan fingerprint density at radius 1 is 0.590 bits per heavy atom. The Balaban J connectivity index is 1.65. The van der Waals surface area contributed by atoms with Crippen LogP contribution in [0, 0.1) is 0 Å². The third-order valence-electron chi connectivity index (χ3n) is 7.62. The van der Waals surface area contributed by atoms with E-state index in [0.29, 0.717) is 0 Å². The number of rotatable bonds is 11. The molecule has 1 aromatic heterocycles. The highest BCUT2D eigenvalue weighted by Crippen LogP contribution is 2.37. The molecule has 2 unspecified atom stereocenters. The predicted octanol–water partition coefficient (Wildman–Crippen LogP) is 8.96. The Labute approximate surface area is 237 Å². The van der Waals surface area contributed by atoms with E-state index in [9.17, 15) is 8.42 Å². The molecule has 5 heteroatoms. The summed E-state index contributed by atoms with van der Waals surface area (Å²) in [6, 6.07) is 29.3. The quantitative estimate of drug-likeness (QED) is 0.153. The number of hydrogen-bond acceptors (Lipinski definition) is 2. The fraction of sp³-hybridized carbons (Fsp3) is 0.294. The minimum atomic E-state index is -1.07. The van der Waals surface area contributed by atoms with Crippen LogP contribution in [0.25, 0.3) is 44.1 Å². The first-order chi connectivity index (χ1) is 19.0. The van der Waals surface area contributed by atoms with Crippen molar-refractivity contribution in [3.8, 4) is 22.3 Å². The molecule has 4 aromatic carbocycles. The second-order valence-corrected chi connectivity index (χ2v) is 13.0. The summed E-state index contributed by atoms with van der Waals surface area (Å²) in [5.41, 5.74) is 6.64. The monoisotopic (exact) mass is 555 g/mol. The largest absolute Gasteiger partial charge is 0.340 e. The summed E-state index contributed by atoms with van der Waals surface area (Å²) in [7, 11) is -2.13. The Kier molecular flexibility index (Phi) is 8.79. The minimum Gasteiger partial charge on any atom is -0.340 e. The molecule has 0 aliphatic carbocycles. The number of fused-ring (bicyclic) bond motifs is 3. The highest BCUT2D eigenvalue weighted by atomic mass is 32.2. The Morgan fingerprint density at radius 2 is 1.05 bits per heavy atom. The van der Waals surface area contributed by atoms with Gasteiger partial charge in [-0.25, -0.2) is 0 Å². The van der Waals surface area contributed by atoms with Crippen molar-refractivity contribution in [1.82, 2.24) is 4.57 Å². The second kappa shape index (κ2) is 12.4. The van der Waals surface area contributed by atoms with Crippen molar-refractivity contribution >= 4 is 43.4 Å². The van der Waals surface area contributed by atoms with E-state index in [0.717, 1.165) is 45.0 Å². The zero-order chi connectivity index (χ0) is 27.4. The molecule has 202 valence electrons. The first-order valence-electron chi connectivity index (χ1n) is 13.9. The standard InChI is InChI=1S/C34H37NO2S2/c1-4-5-6-7-8-13-22-35-31-23-25(27-14-9-11-16-33(27)38(2)36)18-20-29(31)30-21-19-26(24-32(30)35)28-15-10-12-17-34(28)39(3)37/h9-12,14-21,23-24H,4-8,13,22H2,1-3H3. The molecular weight excluding hydrogens is 519 g/mol. The molecule has 2 atom stereocenters. The van der Waals surface area contributed by atoms with E-state index < -0.39 is 21.6 Å². The van der Waals surface area contributed by atoms with Crippen LogP contribution in [0.4, 0.5) is 0 Å². The fourth-order valence-electron chi connectivity index (χ4n) is 5.63. The molecule has 0 amide bonds. The molecule has 0 N–H and O–H groups in total. The van der Waals surface area contributed by atoms with Gasteiger partial charge >= 0.3 is 0 Å². The van der Waals surface area contributed by atoms with Crippen LogP contribution in [0.5, 0.6) is 0 Å². The first kappa shape index (κ1) is 27.5. The average molecular weight is 556 g/mol. The van der Waals surface area contributed by atoms with Gasteiger partial charge in [0.2, 0.25) is 0 Å². The van der Waals surface area contributed by atoms with Crippen molar-refractivity contribution in [1.29, 1.82) is 0 Å². The minimum absolute atomic E-state index is 0.863. The van der Waals surface area contributed by atoms with Crippen LogP contribution < -0.4 is 0 Å². The molecule has 0 aliphatic heterocycles. The van der Waals surface area contributed by atoms with Gasteiger partial charge in [0.15, 0.2) is 0 Å². The van der Waals surface area contributed by atoms with Crippen LogP contribution in [0.15, 0.2) is 94.7 Å². The van der Waals surface area contributed by atoms with E-state index in [1.165, 1.54) is 53.9 Å². The molecule has 1 heterocycles. The van der Waals surface area contributed by atoms with Crippen molar-refractivity contribution in [3.05, 3.63) is 84.9 Å². The number of nitrogens with zero attached hydrogens (tertiary/aromatic N) is 1. The molecule has 0 bridgehead atoms. The summed E-state index contributed by atoms with van der Waals surface area (Å²) in [5, 5.41) is 2.46. The van der Waals surface area contributed by atoms with E-state index in [-0.39, 0.29) is 0 Å². The Hall–Kier alpha value is -3.02. The maximum Gasteiger partial charge on any atom is 0.0504 e. The van der Waals surface area contributed by atoms with Crippen molar-refractivity contribution < 1.29 is 8.42 Å². The molecule has 0 aliphatic rings. The van der Waals surface area contributed by atoms with Crippen LogP contribution in [-0.2, 0) is 28.1 Å². The van der Waals surface area contributed by atoms with Crippen LogP contribution in [0.2, 0.25) is 0 Å². The van der Waals surface area contributed by atoms with E-state index in [1.54, 1.807) is 12.5 Å². The van der Waals surface area contributed by atoms with Gasteiger partial charge < -0.3 is 4.57 Å². The molecule has 0 spiro atoms. The molecule has 0 saturated carbocycles. The van der Waals surface area contributed by atoms with Gasteiger partial charge in [0.05, 0.1) is 21.6 Å². The average Bonchev–Trinajstić information content (AvgIpc) is 3.26. The topological polar surface area (TPSA) is 39.1 Å². The molecule has 0 radical (unpaired) electrons. The number of benzene rings is 4. The third-order valence-corrected chi connectivity index (χ3v) is 9.57. The van der Waals surface area contributed by atoms with Crippen molar-refractivity contribution in [2.75, 3.05) is 12.5 Å². The summed E-state index contributed by atoms with van der Waals surface area (Å²) in [6.45, 7) is 3.20. The lowest BCUT2D eigenvalue weighted by Crippen LogP contribution is -1.99. The van der Waals surface area contributed by atoms with Crippen LogP contribution >= 0.6 is 0 Å². The lowest BCUT2D eigenvalue weighted by Gasteiger charge is -2.12. The number of aromatic nitrogens is 1. The lowest BCUT2D eigenvalue weighted by atomic mass is 10.0. The Morgan fingerprint density at radius 3 is 1.54 bits per heavy atom. The summed E-state index contributed by atoms with van der Waals surface area (Å²) in [6.07, 6.45) is 11.0. The zero-order valence-electron chi connectivity index (χ0n) is 23.1. The van der Waals surface area contributed by atoms with Gasteiger partial charge in [0.25, 0.3) is 0 Å². The molecular formula is C34H37NO2S2. The molecule has 39 heavy (non-hydrogen) atoms. The molecule has 3 nitrogen and oxygen atoms in total. The van der Waals surface area contributed by atoms with Crippen molar-refractivity contribution in [2.45, 2.75) is 61.8 Å². The van der Waals surface area contributed by atoms with Gasteiger partial charge in [-0.2, -0.15) is 0 Å². The third kappa shape index (κ3) is 5.80. The summed E-state index contributed by atoms with van der Waals surface area (Å²) in [5.74, 6) is 0. The Bertz CT molecular complexity index is 1550. The van der Waals surface area contributed by atoms with Crippen LogP contribution in [0.1, 0.15) is 45.4 Å². The zero-order valence-corrected chi connectivity index (χ0v) is 24.7. The molecule has 0 saturated heterocycles. The number of unbranched alkanes of at least 4 members (excludes halogenated alkanes) is 5. The lowest BCUT2D eigenvalue weighted by molar-refractivity contribution is 0.571. The van der Waals surface area contributed by atoms with Gasteiger partial charge in [-0.1, -0.05) is 99.7 Å². The highest BCUT2D eigenvalue weighted by Gasteiger charge is 2.16. The maximum atomic E-state index is 12.5. The number of aryl methyl sites for hydroxylation is 1. The smallest absolute Gasteiger partial charge is 0.0504 e. The van der Waals surface area contributed by atoms with E-state index >= 15 is 0 Å². The van der Waals surface area contributed by atoms with E-state index in [2.05, 4.69) is 60.0 Å². The highest BCUT2D eigenvalue weighted by molar-refractivity contribution is 7.84. The van der Waals surface area contributed by atoms with Gasteiger partial charge in [-0.15, -0.1) is 0 Å². The van der Waals surface area contributed by atoms with Crippen molar-refractivity contribution in [3.63, 3.8) is 0 Å². The predicted molar refractivity (Wildman–Crippen MR) is 168 cm³/mol. The maximum absolute atomic E-state index is 12.5. The molecule has 5 rings (SSSR count). The van der Waals surface area contributed by atoms with E-state index in [4.69, 9.17) is 0 Å². The molecule has 5 aromatic rings. The van der Waals surface area contributed by atoms with Crippen molar-refractivity contribution in [2.24, 2.45) is 0 Å². The van der Waals surface area contributed by atoms with Crippen LogP contribution in [0.3, 0.4) is 0 Å². The number of hydrogen-bond donors (Lipinski definition) is 0. The van der Waals surface area contributed by atoms with Gasteiger partial charge in [0.1, 0.15) is 0 Å². The first-order valence-corrected chi connectivity index (χ1v) is 17.0. The van der Waals surface area contributed by atoms with Gasteiger partial charge in [-0.3, -0.25) is 8.42 Å². The van der Waals surface area contributed by atoms with Gasteiger partial charge in [-0.05, 0) is 52.9 Å². The van der Waals surface area contributed by atoms with E-state index in [1.807, 2.05) is 36.4 Å². The van der Waals surface area contributed by atoms with Crippen LogP contribution in [-0.4, -0.2) is 25.5 Å². The SMILES string of the molecule is CCCCCCCCn1c2cc(-c3ccccc3S(C)=O)ccc2c2ccc(-c3ccccc3S(C)=O)cc21. The van der Waals surface area contributed by atoms with Gasteiger partial charge in [0, 0.05) is 50.7 Å². The molecule has 0 fully saturated rings.